The molecule has 3 atom stereocenters. The molecule has 3 N–H and O–H groups in total. The summed E-state index contributed by atoms with van der Waals surface area (Å²) in [5, 5.41) is 31.8. The normalized spacial score (nSPS) is 29.4. The lowest BCUT2D eigenvalue weighted by molar-refractivity contribution is -0.135. The number of carbonyl (C=O) groups excluding carboxylic acids is 1. The van der Waals surface area contributed by atoms with Gasteiger partial charge < -0.3 is 15.3 Å². The highest BCUT2D eigenvalue weighted by Gasteiger charge is 2.37. The quantitative estimate of drug-likeness (QED) is 0.463. The predicted octanol–water partition coefficient (Wildman–Crippen LogP) is -2.08. The van der Waals surface area contributed by atoms with Crippen LogP contribution < -0.4 is 0 Å². The number of rotatable bonds is 2. The summed E-state index contributed by atoms with van der Waals surface area (Å²) < 4.78 is 0. The fourth-order valence-corrected chi connectivity index (χ4v) is 1.24. The molecule has 13 heavy (non-hydrogen) atoms. The van der Waals surface area contributed by atoms with Crippen LogP contribution in [0.2, 0.25) is 0 Å². The van der Waals surface area contributed by atoms with Gasteiger partial charge in [-0.3, -0.25) is 4.79 Å². The van der Waals surface area contributed by atoms with E-state index in [9.17, 15) is 15.0 Å². The molecule has 0 saturated heterocycles. The van der Waals surface area contributed by atoms with Crippen molar-refractivity contribution in [2.24, 2.45) is 5.10 Å². The van der Waals surface area contributed by atoms with Crippen molar-refractivity contribution in [2.75, 3.05) is 6.61 Å². The van der Waals surface area contributed by atoms with Crippen molar-refractivity contribution in [2.45, 2.75) is 25.2 Å². The Morgan fingerprint density at radius 3 is 2.85 bits per heavy atom. The van der Waals surface area contributed by atoms with E-state index in [4.69, 9.17) is 5.11 Å². The van der Waals surface area contributed by atoms with Crippen LogP contribution in [0, 0.1) is 0 Å². The molecule has 1 aliphatic heterocycles. The second-order valence-corrected chi connectivity index (χ2v) is 2.86. The maximum absolute atomic E-state index is 10.9. The lowest BCUT2D eigenvalue weighted by Gasteiger charge is -2.25. The van der Waals surface area contributed by atoms with E-state index in [1.807, 2.05) is 0 Å². The van der Waals surface area contributed by atoms with Crippen molar-refractivity contribution in [3.63, 3.8) is 0 Å². The number of nitrogens with zero attached hydrogens (tertiary/aromatic N) is 2. The zero-order valence-electron chi connectivity index (χ0n) is 7.16. The standard InChI is InChI=1S/C7H12N2O4/c1-4(11)9-7(6(13)3-10)5(12)2-8-9/h2,5-7,10,12-13H,3H2,1H3/t5-,6-,7+/m1/s1. The molecule has 0 unspecified atom stereocenters. The second kappa shape index (κ2) is 3.82. The van der Waals surface area contributed by atoms with E-state index in [0.717, 1.165) is 11.2 Å². The number of hydrazone groups is 1. The first-order valence-corrected chi connectivity index (χ1v) is 3.89. The minimum Gasteiger partial charge on any atom is -0.394 e. The van der Waals surface area contributed by atoms with Crippen LogP contribution in [0.1, 0.15) is 6.92 Å². The summed E-state index contributed by atoms with van der Waals surface area (Å²) >= 11 is 0. The van der Waals surface area contributed by atoms with E-state index >= 15 is 0 Å². The van der Waals surface area contributed by atoms with Gasteiger partial charge in [0.15, 0.2) is 0 Å². The Bertz CT molecular complexity index is 231. The Balaban J connectivity index is 2.75. The molecule has 0 spiro atoms. The van der Waals surface area contributed by atoms with Crippen molar-refractivity contribution in [3.05, 3.63) is 0 Å². The van der Waals surface area contributed by atoms with Gasteiger partial charge in [-0.2, -0.15) is 5.10 Å². The number of hydrogen-bond acceptors (Lipinski definition) is 5. The molecule has 6 heteroatoms. The van der Waals surface area contributed by atoms with Gasteiger partial charge in [0.05, 0.1) is 12.8 Å². The topological polar surface area (TPSA) is 93.4 Å². The molecule has 1 aliphatic rings. The molecule has 0 bridgehead atoms. The van der Waals surface area contributed by atoms with Crippen LogP contribution >= 0.6 is 0 Å². The third-order valence-electron chi connectivity index (χ3n) is 1.88. The SMILES string of the molecule is CC(=O)N1N=C[C@@H](O)[C@H]1[C@H](O)CO. The average molecular weight is 188 g/mol. The van der Waals surface area contributed by atoms with E-state index in [1.165, 1.54) is 6.92 Å². The van der Waals surface area contributed by atoms with Crippen molar-refractivity contribution in [3.8, 4) is 0 Å². The highest BCUT2D eigenvalue weighted by molar-refractivity contribution is 5.79. The van der Waals surface area contributed by atoms with E-state index in [0.29, 0.717) is 0 Å². The van der Waals surface area contributed by atoms with Gasteiger partial charge >= 0.3 is 0 Å². The highest BCUT2D eigenvalue weighted by Crippen LogP contribution is 2.15. The van der Waals surface area contributed by atoms with E-state index in [2.05, 4.69) is 5.10 Å². The number of hydrogen-bond donors (Lipinski definition) is 3. The maximum atomic E-state index is 10.9. The summed E-state index contributed by atoms with van der Waals surface area (Å²) in [6.07, 6.45) is -1.04. The van der Waals surface area contributed by atoms with Gasteiger partial charge in [0.25, 0.3) is 0 Å². The maximum Gasteiger partial charge on any atom is 0.239 e. The first-order chi connectivity index (χ1) is 6.07. The molecule has 6 nitrogen and oxygen atoms in total. The van der Waals surface area contributed by atoms with Gasteiger partial charge in [0.1, 0.15) is 18.2 Å². The molecule has 0 fully saturated rings. The smallest absolute Gasteiger partial charge is 0.239 e. The van der Waals surface area contributed by atoms with Gasteiger partial charge in [-0.05, 0) is 0 Å². The Morgan fingerprint density at radius 1 is 1.77 bits per heavy atom. The molecule has 0 aromatic rings. The van der Waals surface area contributed by atoms with Gasteiger partial charge in [-0.25, -0.2) is 5.01 Å². The van der Waals surface area contributed by atoms with Gasteiger partial charge in [-0.1, -0.05) is 0 Å². The average Bonchev–Trinajstić information content (AvgIpc) is 2.46. The molecule has 0 aromatic carbocycles. The van der Waals surface area contributed by atoms with E-state index in [1.54, 1.807) is 0 Å². The van der Waals surface area contributed by atoms with Crippen LogP contribution in [0.3, 0.4) is 0 Å². The number of amides is 1. The summed E-state index contributed by atoms with van der Waals surface area (Å²) in [7, 11) is 0. The zero-order chi connectivity index (χ0) is 10.0. The minimum atomic E-state index is -1.18. The monoisotopic (exact) mass is 188 g/mol. The molecular formula is C7H12N2O4. The molecule has 1 heterocycles. The van der Waals surface area contributed by atoms with Crippen LogP contribution in [-0.2, 0) is 4.79 Å². The zero-order valence-corrected chi connectivity index (χ0v) is 7.16. The Morgan fingerprint density at radius 2 is 2.38 bits per heavy atom. The Labute approximate surface area is 75.1 Å². The van der Waals surface area contributed by atoms with E-state index < -0.39 is 24.9 Å². The van der Waals surface area contributed by atoms with Crippen LogP contribution in [0.15, 0.2) is 5.10 Å². The van der Waals surface area contributed by atoms with Crippen LogP contribution in [0.5, 0.6) is 0 Å². The minimum absolute atomic E-state index is 0.384. The van der Waals surface area contributed by atoms with Gasteiger partial charge in [0, 0.05) is 6.92 Å². The molecule has 0 radical (unpaired) electrons. The fraction of sp³-hybridized carbons (Fsp3) is 0.714. The number of carbonyl (C=O) groups is 1. The largest absolute Gasteiger partial charge is 0.394 e. The summed E-state index contributed by atoms with van der Waals surface area (Å²) in [6, 6.07) is -0.873. The van der Waals surface area contributed by atoms with Crippen molar-refractivity contribution >= 4 is 12.1 Å². The summed E-state index contributed by atoms with van der Waals surface area (Å²) in [6.45, 7) is 0.751. The fourth-order valence-electron chi connectivity index (χ4n) is 1.24. The molecule has 1 amide bonds. The van der Waals surface area contributed by atoms with Crippen molar-refractivity contribution in [1.29, 1.82) is 0 Å². The van der Waals surface area contributed by atoms with Crippen LogP contribution in [-0.4, -0.2) is 57.3 Å². The Kier molecular flexibility index (Phi) is 2.97. The lowest BCUT2D eigenvalue weighted by Crippen LogP contribution is -2.48. The molecule has 0 aliphatic carbocycles. The van der Waals surface area contributed by atoms with Gasteiger partial charge in [0.2, 0.25) is 5.91 Å². The third-order valence-corrected chi connectivity index (χ3v) is 1.88. The first kappa shape index (κ1) is 10.1. The predicted molar refractivity (Wildman–Crippen MR) is 43.9 cm³/mol. The molecule has 0 saturated carbocycles. The van der Waals surface area contributed by atoms with Crippen molar-refractivity contribution < 1.29 is 20.1 Å². The third kappa shape index (κ3) is 1.85. The van der Waals surface area contributed by atoms with Crippen LogP contribution in [0.4, 0.5) is 0 Å². The summed E-state index contributed by atoms with van der Waals surface area (Å²) in [5.74, 6) is -0.384. The molecule has 1 rings (SSSR count). The van der Waals surface area contributed by atoms with Crippen molar-refractivity contribution in [1.82, 2.24) is 5.01 Å². The lowest BCUT2D eigenvalue weighted by atomic mass is 10.1. The molecule has 74 valence electrons. The first-order valence-electron chi connectivity index (χ1n) is 3.89. The highest BCUT2D eigenvalue weighted by atomic mass is 16.3. The number of aliphatic hydroxyl groups excluding tert-OH is 3. The Hall–Kier alpha value is -0.980. The second-order valence-electron chi connectivity index (χ2n) is 2.86. The van der Waals surface area contributed by atoms with Crippen LogP contribution in [0.25, 0.3) is 0 Å². The van der Waals surface area contributed by atoms with Gasteiger partial charge in [-0.15, -0.1) is 0 Å². The summed E-state index contributed by atoms with van der Waals surface area (Å²) in [4.78, 5) is 10.9. The van der Waals surface area contributed by atoms with E-state index in [-0.39, 0.29) is 5.91 Å². The summed E-state index contributed by atoms with van der Waals surface area (Å²) in [5.41, 5.74) is 0. The molecular weight excluding hydrogens is 176 g/mol. The number of aliphatic hydroxyl groups is 3. The molecule has 0 aromatic heterocycles.